The van der Waals surface area contributed by atoms with E-state index in [4.69, 9.17) is 0 Å². The summed E-state index contributed by atoms with van der Waals surface area (Å²) in [6, 6.07) is 5.99. The van der Waals surface area contributed by atoms with Gasteiger partial charge in [-0.1, -0.05) is 18.7 Å². The minimum Gasteiger partial charge on any atom is -0.467 e. The molecule has 3 amide bonds. The quantitative estimate of drug-likeness (QED) is 0.462. The molecule has 0 radical (unpaired) electrons. The van der Waals surface area contributed by atoms with Crippen LogP contribution in [-0.4, -0.2) is 43.4 Å². The third-order valence-electron chi connectivity index (χ3n) is 3.34. The van der Waals surface area contributed by atoms with Crippen molar-refractivity contribution in [1.82, 2.24) is 10.6 Å². The van der Waals surface area contributed by atoms with Crippen molar-refractivity contribution in [3.63, 3.8) is 0 Å². The molecule has 3 N–H and O–H groups in total. The summed E-state index contributed by atoms with van der Waals surface area (Å²) in [5.74, 6) is -1.63. The number of methoxy groups -OCH3 is 1. The lowest BCUT2D eigenvalue weighted by Gasteiger charge is -2.15. The number of benzene rings is 1. The van der Waals surface area contributed by atoms with Gasteiger partial charge < -0.3 is 20.7 Å². The van der Waals surface area contributed by atoms with E-state index in [2.05, 4.69) is 27.3 Å². The number of carbonyl (C=O) groups excluding carboxylic acids is 4. The van der Waals surface area contributed by atoms with Crippen molar-refractivity contribution < 1.29 is 23.9 Å². The Kier molecular flexibility index (Phi) is 8.01. The maximum Gasteiger partial charge on any atom is 0.328 e. The lowest BCUT2D eigenvalue weighted by atomic mass is 10.1. The Balaban J connectivity index is 2.62. The zero-order chi connectivity index (χ0) is 19.7. The third-order valence-corrected chi connectivity index (χ3v) is 3.34. The van der Waals surface area contributed by atoms with Crippen LogP contribution in [0.1, 0.15) is 19.4 Å². The van der Waals surface area contributed by atoms with Crippen molar-refractivity contribution in [1.29, 1.82) is 0 Å². The second-order valence-corrected chi connectivity index (χ2v) is 5.69. The summed E-state index contributed by atoms with van der Waals surface area (Å²) >= 11 is 0. The highest BCUT2D eigenvalue weighted by molar-refractivity contribution is 5.98. The van der Waals surface area contributed by atoms with Gasteiger partial charge in [-0.2, -0.15) is 0 Å². The van der Waals surface area contributed by atoms with Gasteiger partial charge in [0.05, 0.1) is 13.7 Å². The SMILES string of the molecule is C=C(C)C(=O)NCC(=O)Nc1ccc(C[C@@H](NC(C)=O)C(=O)OC)cc1. The number of nitrogens with one attached hydrogen (secondary N) is 3. The van der Waals surface area contributed by atoms with E-state index in [9.17, 15) is 19.2 Å². The molecule has 0 bridgehead atoms. The van der Waals surface area contributed by atoms with Crippen molar-refractivity contribution in [2.24, 2.45) is 0 Å². The monoisotopic (exact) mass is 361 g/mol. The van der Waals surface area contributed by atoms with Crippen molar-refractivity contribution >= 4 is 29.4 Å². The van der Waals surface area contributed by atoms with Gasteiger partial charge >= 0.3 is 5.97 Å². The summed E-state index contributed by atoms with van der Waals surface area (Å²) in [7, 11) is 1.25. The van der Waals surface area contributed by atoms with E-state index in [0.29, 0.717) is 11.3 Å². The van der Waals surface area contributed by atoms with Crippen molar-refractivity contribution in [2.75, 3.05) is 19.0 Å². The zero-order valence-electron chi connectivity index (χ0n) is 15.0. The number of ether oxygens (including phenoxy) is 1. The first kappa shape index (κ1) is 20.9. The molecule has 1 rings (SSSR count). The fourth-order valence-electron chi connectivity index (χ4n) is 2.06. The molecule has 1 atom stereocenters. The molecule has 1 aromatic carbocycles. The van der Waals surface area contributed by atoms with Crippen LogP contribution in [0.3, 0.4) is 0 Å². The van der Waals surface area contributed by atoms with Gasteiger partial charge in [0.2, 0.25) is 17.7 Å². The van der Waals surface area contributed by atoms with Crippen molar-refractivity contribution in [3.05, 3.63) is 42.0 Å². The van der Waals surface area contributed by atoms with Crippen molar-refractivity contribution in [3.8, 4) is 0 Å². The molecule has 26 heavy (non-hydrogen) atoms. The molecular weight excluding hydrogens is 338 g/mol. The Hall–Kier alpha value is -3.16. The van der Waals surface area contributed by atoms with Crippen LogP contribution >= 0.6 is 0 Å². The Labute approximate surface area is 152 Å². The van der Waals surface area contributed by atoms with E-state index in [-0.39, 0.29) is 30.7 Å². The molecule has 8 heteroatoms. The minimum atomic E-state index is -0.782. The first-order chi connectivity index (χ1) is 12.2. The smallest absolute Gasteiger partial charge is 0.328 e. The van der Waals surface area contributed by atoms with Gasteiger partial charge in [0.25, 0.3) is 0 Å². The zero-order valence-corrected chi connectivity index (χ0v) is 15.0. The average molecular weight is 361 g/mol. The second-order valence-electron chi connectivity index (χ2n) is 5.69. The normalized spacial score (nSPS) is 11.0. The molecule has 0 heterocycles. The van der Waals surface area contributed by atoms with Crippen LogP contribution in [0.25, 0.3) is 0 Å². The summed E-state index contributed by atoms with van der Waals surface area (Å²) in [6.07, 6.45) is 0.259. The number of anilines is 1. The number of hydrogen-bond acceptors (Lipinski definition) is 5. The summed E-state index contributed by atoms with van der Waals surface area (Å²) in [5.41, 5.74) is 1.64. The first-order valence-electron chi connectivity index (χ1n) is 7.90. The number of amides is 3. The minimum absolute atomic E-state index is 0.166. The topological polar surface area (TPSA) is 114 Å². The van der Waals surface area contributed by atoms with Gasteiger partial charge in [-0.25, -0.2) is 4.79 Å². The van der Waals surface area contributed by atoms with E-state index < -0.39 is 12.0 Å². The predicted octanol–water partition coefficient (Wildman–Crippen LogP) is 0.538. The Morgan fingerprint density at radius 2 is 1.73 bits per heavy atom. The summed E-state index contributed by atoms with van der Waals surface area (Å²) in [6.45, 7) is 6.19. The molecule has 0 aliphatic carbocycles. The lowest BCUT2D eigenvalue weighted by Crippen LogP contribution is -2.41. The van der Waals surface area contributed by atoms with Crippen LogP contribution in [0.5, 0.6) is 0 Å². The molecule has 0 saturated carbocycles. The number of carbonyl (C=O) groups is 4. The van der Waals surface area contributed by atoms with Crippen LogP contribution < -0.4 is 16.0 Å². The largest absolute Gasteiger partial charge is 0.467 e. The number of hydrogen-bond donors (Lipinski definition) is 3. The average Bonchev–Trinajstić information content (AvgIpc) is 2.59. The Bertz CT molecular complexity index is 697. The van der Waals surface area contributed by atoms with Crippen molar-refractivity contribution in [2.45, 2.75) is 26.3 Å². The fraction of sp³-hybridized carbons (Fsp3) is 0.333. The fourth-order valence-corrected chi connectivity index (χ4v) is 2.06. The Morgan fingerprint density at radius 3 is 2.23 bits per heavy atom. The molecular formula is C18H23N3O5. The van der Waals surface area contributed by atoms with Crippen LogP contribution in [0.15, 0.2) is 36.4 Å². The van der Waals surface area contributed by atoms with Crippen LogP contribution in [0, 0.1) is 0 Å². The molecule has 1 aromatic rings. The molecule has 0 spiro atoms. The molecule has 0 unspecified atom stereocenters. The van der Waals surface area contributed by atoms with E-state index in [1.165, 1.54) is 14.0 Å². The van der Waals surface area contributed by atoms with E-state index >= 15 is 0 Å². The highest BCUT2D eigenvalue weighted by atomic mass is 16.5. The van der Waals surface area contributed by atoms with Gasteiger partial charge in [-0.15, -0.1) is 0 Å². The lowest BCUT2D eigenvalue weighted by molar-refractivity contribution is -0.144. The van der Waals surface area contributed by atoms with Crippen LogP contribution in [0.4, 0.5) is 5.69 Å². The number of esters is 1. The number of rotatable bonds is 8. The summed E-state index contributed by atoms with van der Waals surface area (Å²) < 4.78 is 4.67. The second kappa shape index (κ2) is 9.97. The maximum atomic E-state index is 11.8. The molecule has 0 aliphatic heterocycles. The van der Waals surface area contributed by atoms with Gasteiger partial charge in [-0.3, -0.25) is 14.4 Å². The van der Waals surface area contributed by atoms with Gasteiger partial charge in [0, 0.05) is 24.6 Å². The molecule has 0 saturated heterocycles. The highest BCUT2D eigenvalue weighted by Crippen LogP contribution is 2.12. The molecule has 8 nitrogen and oxygen atoms in total. The standard InChI is InChI=1S/C18H23N3O5/c1-11(2)17(24)19-10-16(23)21-14-7-5-13(6-8-14)9-15(18(25)26-4)20-12(3)22/h5-8,15H,1,9-10H2,2-4H3,(H,19,24)(H,20,22)(H,21,23)/t15-/m1/s1. The van der Waals surface area contributed by atoms with Crippen LogP contribution in [0.2, 0.25) is 0 Å². The van der Waals surface area contributed by atoms with E-state index in [1.807, 2.05) is 0 Å². The summed E-state index contributed by atoms with van der Waals surface area (Å²) in [4.78, 5) is 46.0. The molecule has 0 aromatic heterocycles. The third kappa shape index (κ3) is 7.16. The van der Waals surface area contributed by atoms with E-state index in [0.717, 1.165) is 5.56 Å². The molecule has 0 aliphatic rings. The van der Waals surface area contributed by atoms with E-state index in [1.54, 1.807) is 31.2 Å². The van der Waals surface area contributed by atoms with Crippen LogP contribution in [-0.2, 0) is 30.3 Å². The summed E-state index contributed by atoms with van der Waals surface area (Å²) in [5, 5.41) is 7.60. The first-order valence-corrected chi connectivity index (χ1v) is 7.90. The predicted molar refractivity (Wildman–Crippen MR) is 96.2 cm³/mol. The maximum absolute atomic E-state index is 11.8. The molecule has 140 valence electrons. The van der Waals surface area contributed by atoms with Gasteiger partial charge in [-0.05, 0) is 24.6 Å². The highest BCUT2D eigenvalue weighted by Gasteiger charge is 2.20. The Morgan fingerprint density at radius 1 is 1.12 bits per heavy atom. The molecule has 0 fully saturated rings. The van der Waals surface area contributed by atoms with Gasteiger partial charge in [0.15, 0.2) is 0 Å². The van der Waals surface area contributed by atoms with Gasteiger partial charge in [0.1, 0.15) is 6.04 Å².